The van der Waals surface area contributed by atoms with Crippen molar-refractivity contribution in [3.05, 3.63) is 216 Å². The fourth-order valence-corrected chi connectivity index (χ4v) is 9.15. The molecule has 9 aromatic carbocycles. The zero-order chi connectivity index (χ0) is 42.7. The van der Waals surface area contributed by atoms with Crippen LogP contribution in [0.1, 0.15) is 74.6 Å². The van der Waals surface area contributed by atoms with Crippen molar-refractivity contribution in [3.8, 4) is 22.3 Å². The van der Waals surface area contributed by atoms with Crippen molar-refractivity contribution in [1.82, 2.24) is 0 Å². The molecule has 2 unspecified atom stereocenters. The van der Waals surface area contributed by atoms with Crippen LogP contribution in [0.3, 0.4) is 0 Å². The van der Waals surface area contributed by atoms with Crippen LogP contribution in [-0.4, -0.2) is 0 Å². The summed E-state index contributed by atoms with van der Waals surface area (Å²) in [6.07, 6.45) is 2.18. The molecule has 2 heteroatoms. The molecule has 0 amide bonds. The van der Waals surface area contributed by atoms with E-state index >= 15 is 0 Å². The minimum absolute atomic E-state index is 0.464. The van der Waals surface area contributed by atoms with Crippen LogP contribution < -0.4 is 9.80 Å². The second-order valence-corrected chi connectivity index (χ2v) is 17.1. The van der Waals surface area contributed by atoms with Crippen molar-refractivity contribution in [2.45, 2.75) is 66.2 Å². The van der Waals surface area contributed by atoms with Gasteiger partial charge in [-0.2, -0.15) is 0 Å². The van der Waals surface area contributed by atoms with Gasteiger partial charge in [-0.3, -0.25) is 0 Å². The zero-order valence-corrected chi connectivity index (χ0v) is 36.9. The van der Waals surface area contributed by atoms with Gasteiger partial charge in [0.2, 0.25) is 0 Å². The summed E-state index contributed by atoms with van der Waals surface area (Å²) in [5.41, 5.74) is 16.9. The van der Waals surface area contributed by atoms with E-state index in [2.05, 4.69) is 245 Å². The molecule has 0 spiro atoms. The Kier molecular flexibility index (Phi) is 11.5. The van der Waals surface area contributed by atoms with Crippen LogP contribution in [0.15, 0.2) is 194 Å². The Labute approximate surface area is 368 Å². The summed E-state index contributed by atoms with van der Waals surface area (Å²) in [5, 5.41) is 4.89. The van der Waals surface area contributed by atoms with Gasteiger partial charge < -0.3 is 9.80 Å². The number of hydrogen-bond donors (Lipinski definition) is 0. The third-order valence-corrected chi connectivity index (χ3v) is 12.9. The Balaban J connectivity index is 1.35. The standard InChI is InChI=1S/C60H56N2/c1-7-43(5)47-25-17-29-51(37-47)61(49-27-15-19-41(3)35-49)53-31-33-55-57(39-53)59(45-21-11-9-12-22-45)56-34-32-54(40-58(56)60(55)46-23-13-10-14-24-46)62(50-28-16-20-42(4)36-50)52-30-18-26-48(38-52)44(6)8-2/h9-40,43-44H,7-8H2,1-6H3. The average molecular weight is 805 g/mol. The van der Waals surface area contributed by atoms with E-state index in [1.54, 1.807) is 0 Å². The van der Waals surface area contributed by atoms with Crippen LogP contribution in [0.2, 0.25) is 0 Å². The first kappa shape index (κ1) is 40.5. The Morgan fingerprint density at radius 3 is 1.06 bits per heavy atom. The van der Waals surface area contributed by atoms with Gasteiger partial charge in [-0.15, -0.1) is 0 Å². The SMILES string of the molecule is CCC(C)c1cccc(N(c2cccc(C)c2)c2ccc3c(-c4ccccc4)c4cc(N(c5cccc(C)c5)c5cccc(C(C)CC)c5)ccc4c(-c4ccccc4)c3c2)c1. The first-order chi connectivity index (χ1) is 30.3. The highest BCUT2D eigenvalue weighted by atomic mass is 15.1. The van der Waals surface area contributed by atoms with E-state index < -0.39 is 0 Å². The largest absolute Gasteiger partial charge is 0.310 e. The van der Waals surface area contributed by atoms with E-state index in [1.165, 1.54) is 66.1 Å². The molecule has 0 N–H and O–H groups in total. The summed E-state index contributed by atoms with van der Waals surface area (Å²) < 4.78 is 0. The average Bonchev–Trinajstić information content (AvgIpc) is 3.31. The van der Waals surface area contributed by atoms with Crippen molar-refractivity contribution in [2.75, 3.05) is 9.80 Å². The van der Waals surface area contributed by atoms with Crippen molar-refractivity contribution < 1.29 is 0 Å². The molecule has 0 heterocycles. The third-order valence-electron chi connectivity index (χ3n) is 12.9. The predicted molar refractivity (Wildman–Crippen MR) is 269 cm³/mol. The summed E-state index contributed by atoms with van der Waals surface area (Å²) >= 11 is 0. The molecule has 0 radical (unpaired) electrons. The Hall–Kier alpha value is -6.90. The second kappa shape index (κ2) is 17.6. The van der Waals surface area contributed by atoms with E-state index in [9.17, 15) is 0 Å². The van der Waals surface area contributed by atoms with Gasteiger partial charge in [-0.1, -0.05) is 149 Å². The maximum absolute atomic E-state index is 2.44. The number of rotatable bonds is 12. The van der Waals surface area contributed by atoms with E-state index in [4.69, 9.17) is 0 Å². The number of fused-ring (bicyclic) bond motifs is 2. The highest BCUT2D eigenvalue weighted by Crippen LogP contribution is 2.48. The lowest BCUT2D eigenvalue weighted by Crippen LogP contribution is -2.11. The maximum atomic E-state index is 2.44. The van der Waals surface area contributed by atoms with E-state index in [-0.39, 0.29) is 0 Å². The highest BCUT2D eigenvalue weighted by Gasteiger charge is 2.23. The molecule has 9 aromatic rings. The molecule has 0 bridgehead atoms. The number of aryl methyl sites for hydroxylation is 2. The molecule has 0 fully saturated rings. The summed E-state index contributed by atoms with van der Waals surface area (Å²) in [6, 6.07) is 72.3. The van der Waals surface area contributed by atoms with Gasteiger partial charge in [0.1, 0.15) is 0 Å². The number of hydrogen-bond acceptors (Lipinski definition) is 2. The lowest BCUT2D eigenvalue weighted by Gasteiger charge is -2.29. The summed E-state index contributed by atoms with van der Waals surface area (Å²) in [4.78, 5) is 4.88. The molecule has 9 rings (SSSR count). The Morgan fingerprint density at radius 2 is 0.694 bits per heavy atom. The van der Waals surface area contributed by atoms with Gasteiger partial charge in [-0.25, -0.2) is 0 Å². The zero-order valence-electron chi connectivity index (χ0n) is 36.9. The number of nitrogens with zero attached hydrogens (tertiary/aromatic N) is 2. The molecule has 2 nitrogen and oxygen atoms in total. The fourth-order valence-electron chi connectivity index (χ4n) is 9.15. The molecule has 0 aliphatic rings. The van der Waals surface area contributed by atoms with Crippen LogP contribution in [0, 0.1) is 13.8 Å². The van der Waals surface area contributed by atoms with Gasteiger partial charge in [0, 0.05) is 34.1 Å². The highest BCUT2D eigenvalue weighted by molar-refractivity contribution is 6.22. The Morgan fingerprint density at radius 1 is 0.339 bits per heavy atom. The lowest BCUT2D eigenvalue weighted by molar-refractivity contribution is 0.733. The summed E-state index contributed by atoms with van der Waals surface area (Å²) in [6.45, 7) is 13.6. The van der Waals surface area contributed by atoms with Crippen LogP contribution in [0.25, 0.3) is 43.8 Å². The third kappa shape index (κ3) is 7.90. The van der Waals surface area contributed by atoms with Gasteiger partial charge in [0.25, 0.3) is 0 Å². The van der Waals surface area contributed by atoms with Crippen molar-refractivity contribution in [2.24, 2.45) is 0 Å². The molecule has 62 heavy (non-hydrogen) atoms. The monoisotopic (exact) mass is 804 g/mol. The normalized spacial score (nSPS) is 12.4. The molecule has 0 aromatic heterocycles. The van der Waals surface area contributed by atoms with Gasteiger partial charge in [0.05, 0.1) is 0 Å². The number of benzene rings is 9. The molecular formula is C60H56N2. The number of anilines is 6. The van der Waals surface area contributed by atoms with E-state index in [1.807, 2.05) is 0 Å². The predicted octanol–water partition coefficient (Wildman–Crippen LogP) is 17.9. The molecule has 0 saturated heterocycles. The Bertz CT molecular complexity index is 2800. The minimum Gasteiger partial charge on any atom is -0.310 e. The van der Waals surface area contributed by atoms with Crippen LogP contribution in [0.5, 0.6) is 0 Å². The van der Waals surface area contributed by atoms with Crippen LogP contribution >= 0.6 is 0 Å². The molecular weight excluding hydrogens is 749 g/mol. The van der Waals surface area contributed by atoms with Crippen molar-refractivity contribution in [1.29, 1.82) is 0 Å². The van der Waals surface area contributed by atoms with Crippen molar-refractivity contribution in [3.63, 3.8) is 0 Å². The topological polar surface area (TPSA) is 6.48 Å². The first-order valence-corrected chi connectivity index (χ1v) is 22.4. The van der Waals surface area contributed by atoms with Gasteiger partial charge >= 0.3 is 0 Å². The minimum atomic E-state index is 0.464. The summed E-state index contributed by atoms with van der Waals surface area (Å²) in [7, 11) is 0. The molecule has 0 aliphatic carbocycles. The van der Waals surface area contributed by atoms with Gasteiger partial charge in [0.15, 0.2) is 0 Å². The van der Waals surface area contributed by atoms with E-state index in [0.29, 0.717) is 11.8 Å². The van der Waals surface area contributed by atoms with Crippen LogP contribution in [0.4, 0.5) is 34.1 Å². The lowest BCUT2D eigenvalue weighted by atomic mass is 9.85. The summed E-state index contributed by atoms with van der Waals surface area (Å²) in [5.74, 6) is 0.928. The quantitative estimate of drug-likeness (QED) is 0.114. The smallest absolute Gasteiger partial charge is 0.0468 e. The fraction of sp³-hybridized carbons (Fsp3) is 0.167. The second-order valence-electron chi connectivity index (χ2n) is 17.1. The van der Waals surface area contributed by atoms with Gasteiger partial charge in [-0.05, 0) is 177 Å². The van der Waals surface area contributed by atoms with Crippen molar-refractivity contribution >= 4 is 55.7 Å². The van der Waals surface area contributed by atoms with Crippen LogP contribution in [-0.2, 0) is 0 Å². The molecule has 2 atom stereocenters. The van der Waals surface area contributed by atoms with E-state index in [0.717, 1.165) is 47.0 Å². The molecule has 0 saturated carbocycles. The first-order valence-electron chi connectivity index (χ1n) is 22.4. The molecule has 0 aliphatic heterocycles. The maximum Gasteiger partial charge on any atom is 0.0468 e. The molecule has 306 valence electrons.